The third-order valence-electron chi connectivity index (χ3n) is 3.85. The van der Waals surface area contributed by atoms with E-state index in [1.54, 1.807) is 38.2 Å². The van der Waals surface area contributed by atoms with Crippen molar-refractivity contribution in [3.05, 3.63) is 53.8 Å². The van der Waals surface area contributed by atoms with Crippen molar-refractivity contribution in [1.29, 1.82) is 0 Å². The van der Waals surface area contributed by atoms with E-state index >= 15 is 0 Å². The second-order valence-corrected chi connectivity index (χ2v) is 7.41. The number of amides is 1. The molecule has 7 heteroatoms. The first-order valence-electron chi connectivity index (χ1n) is 7.24. The molecule has 0 aromatic heterocycles. The molecule has 0 saturated carbocycles. The van der Waals surface area contributed by atoms with Gasteiger partial charge in [0.2, 0.25) is 5.91 Å². The average molecular weight is 350 g/mol. The molecule has 2 rings (SSSR count). The Labute approximate surface area is 141 Å². The molecule has 0 fully saturated rings. The lowest BCUT2D eigenvalue weighted by Gasteiger charge is -2.22. The van der Waals surface area contributed by atoms with E-state index in [1.807, 2.05) is 0 Å². The fourth-order valence-corrected chi connectivity index (χ4v) is 3.66. The maximum absolute atomic E-state index is 13.2. The minimum atomic E-state index is -3.80. The zero-order chi connectivity index (χ0) is 18.1. The van der Waals surface area contributed by atoms with E-state index in [2.05, 4.69) is 0 Å². The molecule has 2 aromatic rings. The Kier molecular flexibility index (Phi) is 4.94. The number of hydrogen-bond donors (Lipinski definition) is 0. The van der Waals surface area contributed by atoms with Crippen LogP contribution >= 0.6 is 0 Å². The summed E-state index contributed by atoms with van der Waals surface area (Å²) < 4.78 is 39.8. The summed E-state index contributed by atoms with van der Waals surface area (Å²) in [4.78, 5) is 12.9. The van der Waals surface area contributed by atoms with Crippen LogP contribution in [0.25, 0.3) is 0 Å². The summed E-state index contributed by atoms with van der Waals surface area (Å²) in [5.74, 6) is -0.601. The van der Waals surface area contributed by atoms with E-state index in [9.17, 15) is 17.6 Å². The summed E-state index contributed by atoms with van der Waals surface area (Å²) in [5, 5.41) is 0. The minimum Gasteiger partial charge on any atom is -0.316 e. The molecule has 1 amide bonds. The van der Waals surface area contributed by atoms with Crippen LogP contribution in [0.2, 0.25) is 0 Å². The van der Waals surface area contributed by atoms with Gasteiger partial charge in [0, 0.05) is 26.7 Å². The van der Waals surface area contributed by atoms with E-state index in [0.717, 1.165) is 10.4 Å². The summed E-state index contributed by atoms with van der Waals surface area (Å²) in [5.41, 5.74) is 1.45. The monoisotopic (exact) mass is 350 g/mol. The lowest BCUT2D eigenvalue weighted by atomic mass is 10.2. The molecule has 0 radical (unpaired) electrons. The largest absolute Gasteiger partial charge is 0.316 e. The van der Waals surface area contributed by atoms with Gasteiger partial charge in [0.05, 0.1) is 10.6 Å². The molecule has 0 unspecified atom stereocenters. The van der Waals surface area contributed by atoms with Crippen LogP contribution in [0.5, 0.6) is 0 Å². The normalized spacial score (nSPS) is 11.2. The van der Waals surface area contributed by atoms with Gasteiger partial charge in [-0.15, -0.1) is 0 Å². The number of rotatable bonds is 4. The maximum Gasteiger partial charge on any atom is 0.264 e. The van der Waals surface area contributed by atoms with Crippen LogP contribution in [0.3, 0.4) is 0 Å². The number of aryl methyl sites for hydroxylation is 1. The van der Waals surface area contributed by atoms with Crippen molar-refractivity contribution >= 4 is 27.3 Å². The first-order chi connectivity index (χ1) is 11.1. The third kappa shape index (κ3) is 3.41. The highest BCUT2D eigenvalue weighted by molar-refractivity contribution is 7.92. The smallest absolute Gasteiger partial charge is 0.264 e. The Morgan fingerprint density at radius 3 is 2.04 bits per heavy atom. The van der Waals surface area contributed by atoms with Crippen molar-refractivity contribution in [2.45, 2.75) is 18.7 Å². The fraction of sp³-hybridized carbons (Fsp3) is 0.235. The Morgan fingerprint density at radius 2 is 1.54 bits per heavy atom. The number of halogens is 1. The number of hydrogen-bond acceptors (Lipinski definition) is 3. The van der Waals surface area contributed by atoms with Gasteiger partial charge in [-0.05, 0) is 55.0 Å². The third-order valence-corrected chi connectivity index (χ3v) is 5.79. The van der Waals surface area contributed by atoms with E-state index in [1.165, 1.54) is 31.0 Å². The molecule has 0 N–H and O–H groups in total. The van der Waals surface area contributed by atoms with Crippen LogP contribution < -0.4 is 9.21 Å². The summed E-state index contributed by atoms with van der Waals surface area (Å²) in [6.07, 6.45) is 0. The van der Waals surface area contributed by atoms with Gasteiger partial charge in [-0.3, -0.25) is 9.10 Å². The molecule has 0 aliphatic carbocycles. The van der Waals surface area contributed by atoms with Crippen molar-refractivity contribution in [3.63, 3.8) is 0 Å². The van der Waals surface area contributed by atoms with Crippen LogP contribution in [0.1, 0.15) is 12.5 Å². The molecule has 0 atom stereocenters. The van der Waals surface area contributed by atoms with Crippen LogP contribution in [-0.2, 0) is 14.8 Å². The predicted molar refractivity (Wildman–Crippen MR) is 92.3 cm³/mol. The van der Waals surface area contributed by atoms with Crippen LogP contribution in [0.15, 0.2) is 47.4 Å². The molecule has 2 aromatic carbocycles. The topological polar surface area (TPSA) is 57.7 Å². The van der Waals surface area contributed by atoms with Gasteiger partial charge in [-0.2, -0.15) is 0 Å². The SMILES string of the molecule is CC(=O)N(C)c1ccc(N(C)S(=O)(=O)c2ccc(F)cc2C)cc1. The molecule has 128 valence electrons. The van der Waals surface area contributed by atoms with Crippen LogP contribution in [0, 0.1) is 12.7 Å². The molecule has 0 aliphatic heterocycles. The van der Waals surface area contributed by atoms with Gasteiger partial charge in [0.1, 0.15) is 5.82 Å². The lowest BCUT2D eigenvalue weighted by Crippen LogP contribution is -2.27. The fourth-order valence-electron chi connectivity index (χ4n) is 2.26. The number of nitrogens with zero attached hydrogens (tertiary/aromatic N) is 2. The Morgan fingerprint density at radius 1 is 1.00 bits per heavy atom. The highest BCUT2D eigenvalue weighted by Crippen LogP contribution is 2.26. The summed E-state index contributed by atoms with van der Waals surface area (Å²) in [7, 11) is -0.732. The molecule has 0 bridgehead atoms. The Balaban J connectivity index is 2.36. The molecule has 5 nitrogen and oxygen atoms in total. The summed E-state index contributed by atoms with van der Waals surface area (Å²) in [6, 6.07) is 10.1. The predicted octanol–water partition coefficient (Wildman–Crippen LogP) is 2.94. The van der Waals surface area contributed by atoms with Gasteiger partial charge < -0.3 is 4.90 Å². The quantitative estimate of drug-likeness (QED) is 0.852. The number of sulfonamides is 1. The van der Waals surface area contributed by atoms with Gasteiger partial charge in [-0.1, -0.05) is 0 Å². The van der Waals surface area contributed by atoms with E-state index in [-0.39, 0.29) is 10.8 Å². The zero-order valence-corrected chi connectivity index (χ0v) is 14.8. The number of carbonyl (C=O) groups excluding carboxylic acids is 1. The Hall–Kier alpha value is -2.41. The van der Waals surface area contributed by atoms with Crippen molar-refractivity contribution in [2.75, 3.05) is 23.3 Å². The molecular weight excluding hydrogens is 331 g/mol. The summed E-state index contributed by atoms with van der Waals surface area (Å²) >= 11 is 0. The van der Waals surface area contributed by atoms with E-state index in [4.69, 9.17) is 0 Å². The Bertz CT molecular complexity index is 864. The summed E-state index contributed by atoms with van der Waals surface area (Å²) in [6.45, 7) is 3.00. The molecule has 24 heavy (non-hydrogen) atoms. The first kappa shape index (κ1) is 17.9. The first-order valence-corrected chi connectivity index (χ1v) is 8.68. The lowest BCUT2D eigenvalue weighted by molar-refractivity contribution is -0.116. The molecular formula is C17H19FN2O3S. The highest BCUT2D eigenvalue weighted by Gasteiger charge is 2.23. The van der Waals surface area contributed by atoms with E-state index < -0.39 is 15.8 Å². The standard InChI is InChI=1S/C17H19FN2O3S/c1-12-11-14(18)5-10-17(12)24(22,23)20(4)16-8-6-15(7-9-16)19(3)13(2)21/h5-11H,1-4H3. The second-order valence-electron chi connectivity index (χ2n) is 5.48. The van der Waals surface area contributed by atoms with Crippen molar-refractivity contribution in [1.82, 2.24) is 0 Å². The number of carbonyl (C=O) groups is 1. The number of anilines is 2. The zero-order valence-electron chi connectivity index (χ0n) is 13.9. The number of benzene rings is 2. The minimum absolute atomic E-state index is 0.0522. The second kappa shape index (κ2) is 6.60. The molecule has 0 spiro atoms. The maximum atomic E-state index is 13.2. The van der Waals surface area contributed by atoms with Crippen LogP contribution in [-0.4, -0.2) is 28.4 Å². The van der Waals surface area contributed by atoms with Gasteiger partial charge >= 0.3 is 0 Å². The molecule has 0 aliphatic rings. The van der Waals surface area contributed by atoms with Gasteiger partial charge in [-0.25, -0.2) is 12.8 Å². The van der Waals surface area contributed by atoms with Crippen molar-refractivity contribution in [2.24, 2.45) is 0 Å². The van der Waals surface area contributed by atoms with Crippen LogP contribution in [0.4, 0.5) is 15.8 Å². The highest BCUT2D eigenvalue weighted by atomic mass is 32.2. The van der Waals surface area contributed by atoms with Gasteiger partial charge in [0.15, 0.2) is 0 Å². The van der Waals surface area contributed by atoms with E-state index in [0.29, 0.717) is 16.9 Å². The van der Waals surface area contributed by atoms with Gasteiger partial charge in [0.25, 0.3) is 10.0 Å². The average Bonchev–Trinajstić information content (AvgIpc) is 2.53. The van der Waals surface area contributed by atoms with Crippen molar-refractivity contribution < 1.29 is 17.6 Å². The molecule has 0 saturated heterocycles. The van der Waals surface area contributed by atoms with Crippen molar-refractivity contribution in [3.8, 4) is 0 Å². The molecule has 0 heterocycles.